The molecule has 2 N–H and O–H groups in total. The van der Waals surface area contributed by atoms with Gasteiger partial charge in [0.15, 0.2) is 0 Å². The Morgan fingerprint density at radius 1 is 1.08 bits per heavy atom. The third kappa shape index (κ3) is 4.12. The van der Waals surface area contributed by atoms with Gasteiger partial charge in [-0.15, -0.1) is 0 Å². The Bertz CT molecular complexity index is 591. The zero-order valence-electron chi connectivity index (χ0n) is 15.7. The monoisotopic (exact) mass is 356 g/mol. The van der Waals surface area contributed by atoms with Gasteiger partial charge in [-0.1, -0.05) is 30.3 Å². The normalized spacial score (nSPS) is 32.9. The number of carbonyl (C=O) groups is 1. The molecule has 2 aliphatic heterocycles. The van der Waals surface area contributed by atoms with Crippen LogP contribution < -0.4 is 5.73 Å². The van der Waals surface area contributed by atoms with Crippen molar-refractivity contribution in [2.45, 2.75) is 63.0 Å². The first-order valence-corrected chi connectivity index (χ1v) is 10.4. The molecular formula is C22H32N2O2. The highest BCUT2D eigenvalue weighted by molar-refractivity contribution is 5.76. The number of carbonyl (C=O) groups excluding carboxylic acids is 1. The molecule has 142 valence electrons. The van der Waals surface area contributed by atoms with Crippen LogP contribution in [0.4, 0.5) is 0 Å². The molecule has 0 radical (unpaired) electrons. The Labute approximate surface area is 157 Å². The molecule has 1 aliphatic carbocycles. The summed E-state index contributed by atoms with van der Waals surface area (Å²) in [4.78, 5) is 14.7. The second-order valence-corrected chi connectivity index (χ2v) is 8.56. The minimum absolute atomic E-state index is 0.296. The number of likely N-dealkylation sites (tertiary alicyclic amines) is 1. The molecule has 0 spiro atoms. The predicted octanol–water partition coefficient (Wildman–Crippen LogP) is 3.32. The van der Waals surface area contributed by atoms with Crippen LogP contribution in [-0.2, 0) is 9.53 Å². The van der Waals surface area contributed by atoms with Crippen LogP contribution in [0.2, 0.25) is 0 Å². The largest absolute Gasteiger partial charge is 0.378 e. The predicted molar refractivity (Wildman–Crippen MR) is 103 cm³/mol. The first-order chi connectivity index (χ1) is 12.7. The molecule has 0 aromatic heterocycles. The summed E-state index contributed by atoms with van der Waals surface area (Å²) in [6, 6.07) is 11.0. The Morgan fingerprint density at radius 2 is 1.81 bits per heavy atom. The van der Waals surface area contributed by atoms with Gasteiger partial charge in [0.25, 0.3) is 0 Å². The van der Waals surface area contributed by atoms with E-state index in [0.29, 0.717) is 35.8 Å². The summed E-state index contributed by atoms with van der Waals surface area (Å²) in [7, 11) is 0. The highest BCUT2D eigenvalue weighted by Crippen LogP contribution is 2.43. The zero-order valence-corrected chi connectivity index (χ0v) is 15.7. The minimum atomic E-state index is 0.296. The lowest BCUT2D eigenvalue weighted by Crippen LogP contribution is -2.45. The molecule has 4 nitrogen and oxygen atoms in total. The molecule has 4 heteroatoms. The van der Waals surface area contributed by atoms with E-state index in [-0.39, 0.29) is 0 Å². The standard InChI is InChI=1S/C22H32N2O2/c23-20-8-11-26-21(15-20)18-6-9-24(10-7-18)22(25)14-16-12-19(13-16)17-4-2-1-3-5-17/h1-5,16,18-21H,6-15,23H2. The molecule has 1 saturated carbocycles. The maximum atomic E-state index is 12.7. The second-order valence-electron chi connectivity index (χ2n) is 8.56. The number of piperidine rings is 1. The highest BCUT2D eigenvalue weighted by atomic mass is 16.5. The van der Waals surface area contributed by atoms with Crippen LogP contribution in [0.15, 0.2) is 30.3 Å². The number of amides is 1. The fourth-order valence-electron chi connectivity index (χ4n) is 4.98. The minimum Gasteiger partial charge on any atom is -0.378 e. The van der Waals surface area contributed by atoms with E-state index in [9.17, 15) is 4.79 Å². The Balaban J connectivity index is 1.19. The molecule has 3 fully saturated rings. The number of hydrogen-bond donors (Lipinski definition) is 1. The summed E-state index contributed by atoms with van der Waals surface area (Å²) < 4.78 is 5.95. The number of hydrogen-bond acceptors (Lipinski definition) is 3. The second kappa shape index (κ2) is 8.10. The summed E-state index contributed by atoms with van der Waals surface area (Å²) in [5.41, 5.74) is 7.53. The summed E-state index contributed by atoms with van der Waals surface area (Å²) in [5, 5.41) is 0. The van der Waals surface area contributed by atoms with Crippen molar-refractivity contribution in [2.75, 3.05) is 19.7 Å². The quantitative estimate of drug-likeness (QED) is 0.900. The average Bonchev–Trinajstić information content (AvgIpc) is 2.65. The Kier molecular flexibility index (Phi) is 5.60. The van der Waals surface area contributed by atoms with Gasteiger partial charge in [0.2, 0.25) is 5.91 Å². The lowest BCUT2D eigenvalue weighted by molar-refractivity contribution is -0.135. The highest BCUT2D eigenvalue weighted by Gasteiger charge is 2.35. The maximum absolute atomic E-state index is 12.7. The fraction of sp³-hybridized carbons (Fsp3) is 0.682. The lowest BCUT2D eigenvalue weighted by Gasteiger charge is -2.40. The zero-order chi connectivity index (χ0) is 17.9. The van der Waals surface area contributed by atoms with E-state index in [4.69, 9.17) is 10.5 Å². The lowest BCUT2D eigenvalue weighted by atomic mass is 9.70. The summed E-state index contributed by atoms with van der Waals surface area (Å²) in [5.74, 6) is 2.18. The molecule has 1 aromatic rings. The van der Waals surface area contributed by atoms with Crippen molar-refractivity contribution < 1.29 is 9.53 Å². The molecule has 0 bridgehead atoms. The van der Waals surface area contributed by atoms with Crippen molar-refractivity contribution in [3.05, 3.63) is 35.9 Å². The van der Waals surface area contributed by atoms with Gasteiger partial charge in [-0.05, 0) is 61.8 Å². The third-order valence-electron chi connectivity index (χ3n) is 6.74. The van der Waals surface area contributed by atoms with Gasteiger partial charge in [0, 0.05) is 32.2 Å². The Hall–Kier alpha value is -1.39. The number of ether oxygens (including phenoxy) is 1. The molecule has 1 amide bonds. The molecular weight excluding hydrogens is 324 g/mol. The molecule has 4 rings (SSSR count). The van der Waals surface area contributed by atoms with Crippen LogP contribution in [0.1, 0.15) is 56.4 Å². The fourth-order valence-corrected chi connectivity index (χ4v) is 4.98. The van der Waals surface area contributed by atoms with Gasteiger partial charge in [0.05, 0.1) is 6.10 Å². The smallest absolute Gasteiger partial charge is 0.222 e. The molecule has 26 heavy (non-hydrogen) atoms. The molecule has 2 atom stereocenters. The van der Waals surface area contributed by atoms with Crippen molar-refractivity contribution in [1.29, 1.82) is 0 Å². The van der Waals surface area contributed by atoms with Gasteiger partial charge < -0.3 is 15.4 Å². The van der Waals surface area contributed by atoms with Crippen LogP contribution >= 0.6 is 0 Å². The van der Waals surface area contributed by atoms with Crippen LogP contribution in [0.3, 0.4) is 0 Å². The SMILES string of the molecule is NC1CCOC(C2CCN(C(=O)CC3CC(c4ccccc4)C3)CC2)C1. The molecule has 2 heterocycles. The van der Waals surface area contributed by atoms with Crippen molar-refractivity contribution in [2.24, 2.45) is 17.6 Å². The van der Waals surface area contributed by atoms with E-state index in [1.54, 1.807) is 0 Å². The maximum Gasteiger partial charge on any atom is 0.222 e. The summed E-state index contributed by atoms with van der Waals surface area (Å²) in [6.45, 7) is 2.59. The average molecular weight is 357 g/mol. The molecule has 3 aliphatic rings. The first-order valence-electron chi connectivity index (χ1n) is 10.4. The van der Waals surface area contributed by atoms with Crippen molar-refractivity contribution in [3.8, 4) is 0 Å². The number of nitrogens with zero attached hydrogens (tertiary/aromatic N) is 1. The van der Waals surface area contributed by atoms with Crippen molar-refractivity contribution in [1.82, 2.24) is 4.90 Å². The number of benzene rings is 1. The first kappa shape index (κ1) is 18.0. The third-order valence-corrected chi connectivity index (χ3v) is 6.74. The van der Waals surface area contributed by atoms with Crippen LogP contribution in [0, 0.1) is 11.8 Å². The number of nitrogens with two attached hydrogens (primary N) is 1. The molecule has 2 unspecified atom stereocenters. The van der Waals surface area contributed by atoms with Gasteiger partial charge in [-0.25, -0.2) is 0 Å². The van der Waals surface area contributed by atoms with Gasteiger partial charge in [-0.2, -0.15) is 0 Å². The topological polar surface area (TPSA) is 55.6 Å². The van der Waals surface area contributed by atoms with E-state index in [1.165, 1.54) is 18.4 Å². The van der Waals surface area contributed by atoms with E-state index in [2.05, 4.69) is 35.2 Å². The van der Waals surface area contributed by atoms with Gasteiger partial charge in [0.1, 0.15) is 0 Å². The van der Waals surface area contributed by atoms with Gasteiger partial charge >= 0.3 is 0 Å². The summed E-state index contributed by atoms with van der Waals surface area (Å²) >= 11 is 0. The van der Waals surface area contributed by atoms with Crippen LogP contribution in [0.5, 0.6) is 0 Å². The van der Waals surface area contributed by atoms with E-state index < -0.39 is 0 Å². The molecule has 2 saturated heterocycles. The van der Waals surface area contributed by atoms with Crippen LogP contribution in [-0.4, -0.2) is 42.6 Å². The Morgan fingerprint density at radius 3 is 2.50 bits per heavy atom. The van der Waals surface area contributed by atoms with Gasteiger partial charge in [-0.3, -0.25) is 4.79 Å². The molecule has 1 aromatic carbocycles. The van der Waals surface area contributed by atoms with Crippen LogP contribution in [0.25, 0.3) is 0 Å². The number of rotatable bonds is 4. The van der Waals surface area contributed by atoms with Crippen molar-refractivity contribution in [3.63, 3.8) is 0 Å². The van der Waals surface area contributed by atoms with E-state index in [1.807, 2.05) is 0 Å². The van der Waals surface area contributed by atoms with E-state index in [0.717, 1.165) is 51.8 Å². The van der Waals surface area contributed by atoms with Crippen molar-refractivity contribution >= 4 is 5.91 Å². The van der Waals surface area contributed by atoms with E-state index >= 15 is 0 Å². The summed E-state index contributed by atoms with van der Waals surface area (Å²) in [6.07, 6.45) is 7.50.